The fraction of sp³-hybridized carbons (Fsp3) is 0.583. The van der Waals surface area contributed by atoms with Crippen LogP contribution in [0.5, 0.6) is 5.75 Å². The molecule has 0 radical (unpaired) electrons. The average molecular weight is 556 g/mol. The lowest BCUT2D eigenvalue weighted by atomic mass is 9.84. The number of carbonyl (C=O) groups is 1. The number of nitrogens with zero attached hydrogens (tertiary/aromatic N) is 3. The van der Waals surface area contributed by atoms with Crippen LogP contribution in [0.4, 0.5) is 0 Å². The zero-order valence-corrected chi connectivity index (χ0v) is 21.6. The molecule has 0 spiro atoms. The van der Waals surface area contributed by atoms with Crippen molar-refractivity contribution in [1.29, 1.82) is 0 Å². The van der Waals surface area contributed by atoms with E-state index in [1.807, 2.05) is 24.3 Å². The Bertz CT molecular complexity index is 746. The van der Waals surface area contributed by atoms with Crippen LogP contribution in [0.25, 0.3) is 0 Å². The molecule has 1 amide bonds. The maximum Gasteiger partial charge on any atom is 0.225 e. The number of benzene rings is 1. The molecule has 2 aliphatic rings. The topological polar surface area (TPSA) is 69.2 Å². The van der Waals surface area contributed by atoms with E-state index in [-0.39, 0.29) is 24.0 Å². The van der Waals surface area contributed by atoms with Crippen molar-refractivity contribution in [1.82, 2.24) is 20.4 Å². The number of ether oxygens (including phenoxy) is 1. The number of amides is 1. The summed E-state index contributed by atoms with van der Waals surface area (Å²) in [6.07, 6.45) is 5.13. The van der Waals surface area contributed by atoms with Gasteiger partial charge in [0.15, 0.2) is 5.96 Å². The van der Waals surface area contributed by atoms with Crippen molar-refractivity contribution in [3.05, 3.63) is 42.5 Å². The third-order valence-corrected chi connectivity index (χ3v) is 5.94. The maximum atomic E-state index is 12.4. The number of hydrogen-bond donors (Lipinski definition) is 2. The van der Waals surface area contributed by atoms with E-state index in [1.54, 1.807) is 6.08 Å². The van der Waals surface area contributed by atoms with Crippen LogP contribution in [0.3, 0.4) is 0 Å². The molecule has 0 atom stereocenters. The Labute approximate surface area is 209 Å². The number of para-hydroxylation sites is 1. The van der Waals surface area contributed by atoms with Crippen molar-refractivity contribution in [3.8, 4) is 5.75 Å². The Hall–Kier alpha value is -1.81. The van der Waals surface area contributed by atoms with Crippen molar-refractivity contribution >= 4 is 35.8 Å². The minimum Gasteiger partial charge on any atom is -0.489 e. The van der Waals surface area contributed by atoms with Gasteiger partial charge in [-0.3, -0.25) is 9.69 Å². The highest BCUT2D eigenvalue weighted by Gasteiger charge is 2.30. The number of rotatable bonds is 10. The fourth-order valence-corrected chi connectivity index (χ4v) is 3.87. The van der Waals surface area contributed by atoms with Gasteiger partial charge in [-0.2, -0.15) is 0 Å². The van der Waals surface area contributed by atoms with Gasteiger partial charge in [0.2, 0.25) is 5.91 Å². The molecule has 0 bridgehead atoms. The fourth-order valence-electron chi connectivity index (χ4n) is 3.87. The van der Waals surface area contributed by atoms with Crippen LogP contribution in [0, 0.1) is 5.92 Å². The minimum absolute atomic E-state index is 0. The second-order valence-corrected chi connectivity index (χ2v) is 8.12. The van der Waals surface area contributed by atoms with Crippen molar-refractivity contribution < 1.29 is 9.53 Å². The third-order valence-electron chi connectivity index (χ3n) is 5.94. The molecular formula is C24H38IN5O2. The van der Waals surface area contributed by atoms with E-state index in [0.29, 0.717) is 25.0 Å². The summed E-state index contributed by atoms with van der Waals surface area (Å²) >= 11 is 0. The van der Waals surface area contributed by atoms with Crippen molar-refractivity contribution in [2.24, 2.45) is 10.9 Å². The monoisotopic (exact) mass is 555 g/mol. The van der Waals surface area contributed by atoms with Gasteiger partial charge >= 0.3 is 0 Å². The second kappa shape index (κ2) is 14.4. The Kier molecular flexibility index (Phi) is 11.9. The van der Waals surface area contributed by atoms with Gasteiger partial charge < -0.3 is 20.3 Å². The lowest BCUT2D eigenvalue weighted by molar-refractivity contribution is -0.139. The summed E-state index contributed by atoms with van der Waals surface area (Å²) in [5.41, 5.74) is 1.05. The number of nitrogens with one attached hydrogen (secondary N) is 2. The van der Waals surface area contributed by atoms with Crippen LogP contribution >= 0.6 is 24.0 Å². The van der Waals surface area contributed by atoms with Crippen LogP contribution < -0.4 is 15.4 Å². The molecule has 32 heavy (non-hydrogen) atoms. The summed E-state index contributed by atoms with van der Waals surface area (Å²) < 4.78 is 5.73. The van der Waals surface area contributed by atoms with Crippen molar-refractivity contribution in [2.45, 2.75) is 32.7 Å². The van der Waals surface area contributed by atoms with Gasteiger partial charge in [-0.1, -0.05) is 37.3 Å². The average Bonchev–Trinajstić information content (AvgIpc) is 2.76. The molecule has 1 aromatic rings. The van der Waals surface area contributed by atoms with E-state index < -0.39 is 0 Å². The predicted octanol–water partition coefficient (Wildman–Crippen LogP) is 2.87. The van der Waals surface area contributed by atoms with Gasteiger partial charge in [-0.25, -0.2) is 4.99 Å². The van der Waals surface area contributed by atoms with Gasteiger partial charge in [-0.15, -0.1) is 24.0 Å². The number of carbonyl (C=O) groups excluding carboxylic acids is 1. The summed E-state index contributed by atoms with van der Waals surface area (Å²) in [5, 5.41) is 6.74. The summed E-state index contributed by atoms with van der Waals surface area (Å²) in [5.74, 6) is 2.33. The molecular weight excluding hydrogens is 517 g/mol. The third kappa shape index (κ3) is 7.95. The number of hydrogen-bond acceptors (Lipinski definition) is 4. The number of aliphatic imine (C=N–C) groups is 1. The zero-order valence-electron chi connectivity index (χ0n) is 19.2. The molecule has 2 N–H and O–H groups in total. The normalized spacial score (nSPS) is 17.2. The molecule has 1 aliphatic carbocycles. The van der Waals surface area contributed by atoms with E-state index in [4.69, 9.17) is 9.73 Å². The van der Waals surface area contributed by atoms with Gasteiger partial charge in [-0.05, 0) is 25.8 Å². The van der Waals surface area contributed by atoms with Gasteiger partial charge in [0, 0.05) is 57.3 Å². The van der Waals surface area contributed by atoms with Gasteiger partial charge in [0.25, 0.3) is 0 Å². The Balaban J connectivity index is 0.00000363. The smallest absolute Gasteiger partial charge is 0.225 e. The molecule has 0 aromatic heterocycles. The Morgan fingerprint density at radius 3 is 2.62 bits per heavy atom. The van der Waals surface area contributed by atoms with Crippen LogP contribution in [0.15, 0.2) is 41.9 Å². The molecule has 1 saturated carbocycles. The molecule has 8 heteroatoms. The largest absolute Gasteiger partial charge is 0.489 e. The zero-order chi connectivity index (χ0) is 21.9. The lowest BCUT2D eigenvalue weighted by Gasteiger charge is -2.38. The molecule has 0 unspecified atom stereocenters. The molecule has 1 saturated heterocycles. The minimum atomic E-state index is 0. The quantitative estimate of drug-likeness (QED) is 0.201. The molecule has 1 aliphatic heterocycles. The van der Waals surface area contributed by atoms with Crippen molar-refractivity contribution in [2.75, 3.05) is 52.4 Å². The van der Waals surface area contributed by atoms with E-state index in [2.05, 4.69) is 33.9 Å². The lowest BCUT2D eigenvalue weighted by Crippen LogP contribution is -2.52. The van der Waals surface area contributed by atoms with Gasteiger partial charge in [0.05, 0.1) is 6.54 Å². The predicted molar refractivity (Wildman–Crippen MR) is 141 cm³/mol. The highest BCUT2D eigenvalue weighted by Crippen LogP contribution is 2.28. The van der Waals surface area contributed by atoms with E-state index in [1.165, 1.54) is 6.42 Å². The number of halogens is 1. The standard InChI is InChI=1S/C24H37N5O2.HI/c1-3-18-31-22-11-6-5-8-21(22)19-27-24(25-4-2)26-12-13-28-14-16-29(17-15-28)23(30)20-9-7-10-20;/h3,5-6,8,11,20H,1,4,7,9-10,12-19H2,2H3,(H2,25,26,27);1H. The Morgan fingerprint density at radius 1 is 1.22 bits per heavy atom. The summed E-state index contributed by atoms with van der Waals surface area (Å²) in [6.45, 7) is 13.0. The van der Waals surface area contributed by atoms with E-state index >= 15 is 0 Å². The van der Waals surface area contributed by atoms with Gasteiger partial charge in [0.1, 0.15) is 12.4 Å². The molecule has 2 fully saturated rings. The van der Waals surface area contributed by atoms with Crippen LogP contribution in [-0.2, 0) is 11.3 Å². The Morgan fingerprint density at radius 2 is 1.97 bits per heavy atom. The highest BCUT2D eigenvalue weighted by atomic mass is 127. The first-order valence-corrected chi connectivity index (χ1v) is 11.6. The first-order valence-electron chi connectivity index (χ1n) is 11.6. The summed E-state index contributed by atoms with van der Waals surface area (Å²) in [7, 11) is 0. The molecule has 1 heterocycles. The maximum absolute atomic E-state index is 12.4. The first kappa shape index (κ1) is 26.4. The SMILES string of the molecule is C=CCOc1ccccc1CN=C(NCC)NCCN1CCN(C(=O)C2CCC2)CC1.I. The summed E-state index contributed by atoms with van der Waals surface area (Å²) in [4.78, 5) is 21.6. The highest BCUT2D eigenvalue weighted by molar-refractivity contribution is 14.0. The first-order chi connectivity index (χ1) is 15.2. The number of guanidine groups is 1. The van der Waals surface area contributed by atoms with E-state index in [9.17, 15) is 4.79 Å². The van der Waals surface area contributed by atoms with Crippen molar-refractivity contribution in [3.63, 3.8) is 0 Å². The molecule has 7 nitrogen and oxygen atoms in total. The molecule has 1 aromatic carbocycles. The summed E-state index contributed by atoms with van der Waals surface area (Å²) in [6, 6.07) is 7.97. The molecule has 3 rings (SSSR count). The van der Waals surface area contributed by atoms with Crippen LogP contribution in [-0.4, -0.2) is 74.1 Å². The molecule has 178 valence electrons. The van der Waals surface area contributed by atoms with Crippen LogP contribution in [0.2, 0.25) is 0 Å². The van der Waals surface area contributed by atoms with E-state index in [0.717, 1.165) is 75.9 Å². The van der Waals surface area contributed by atoms with Crippen LogP contribution in [0.1, 0.15) is 31.7 Å². The second-order valence-electron chi connectivity index (χ2n) is 8.12. The number of piperazine rings is 1.